The summed E-state index contributed by atoms with van der Waals surface area (Å²) in [6, 6.07) is 8.33. The van der Waals surface area contributed by atoms with Crippen LogP contribution < -0.4 is 0 Å². The first-order valence-corrected chi connectivity index (χ1v) is 6.88. The van der Waals surface area contributed by atoms with E-state index >= 15 is 0 Å². The third-order valence-corrected chi connectivity index (χ3v) is 3.43. The molecule has 1 aliphatic heterocycles. The van der Waals surface area contributed by atoms with Crippen LogP contribution in [0.2, 0.25) is 0 Å². The Hall–Kier alpha value is -0.380. The standard InChI is InChI=1S/C13H17BrO2/c14-9-11-5-1-2-6-12(11)10-16-13-7-3-4-8-15-13/h1-2,5-6,13H,3-4,7-10H2. The van der Waals surface area contributed by atoms with Crippen LogP contribution in [-0.4, -0.2) is 12.9 Å². The van der Waals surface area contributed by atoms with E-state index in [4.69, 9.17) is 9.47 Å². The highest BCUT2D eigenvalue weighted by Gasteiger charge is 2.14. The zero-order valence-corrected chi connectivity index (χ0v) is 10.9. The van der Waals surface area contributed by atoms with Crippen molar-refractivity contribution in [3.05, 3.63) is 35.4 Å². The summed E-state index contributed by atoms with van der Waals surface area (Å²) in [5.74, 6) is 0. The second-order valence-electron chi connectivity index (χ2n) is 4.01. The molecule has 1 fully saturated rings. The van der Waals surface area contributed by atoms with Crippen molar-refractivity contribution in [2.45, 2.75) is 37.5 Å². The van der Waals surface area contributed by atoms with E-state index in [-0.39, 0.29) is 6.29 Å². The second kappa shape index (κ2) is 6.38. The summed E-state index contributed by atoms with van der Waals surface area (Å²) < 4.78 is 11.3. The number of hydrogen-bond acceptors (Lipinski definition) is 2. The first-order valence-electron chi connectivity index (χ1n) is 5.76. The van der Waals surface area contributed by atoms with Crippen molar-refractivity contribution < 1.29 is 9.47 Å². The molecule has 1 heterocycles. The van der Waals surface area contributed by atoms with Gasteiger partial charge in [0.2, 0.25) is 0 Å². The highest BCUT2D eigenvalue weighted by atomic mass is 79.9. The van der Waals surface area contributed by atoms with E-state index in [1.807, 2.05) is 6.07 Å². The summed E-state index contributed by atoms with van der Waals surface area (Å²) in [5, 5.41) is 0.873. The van der Waals surface area contributed by atoms with Crippen LogP contribution >= 0.6 is 15.9 Å². The summed E-state index contributed by atoms with van der Waals surface area (Å²) in [5.41, 5.74) is 2.53. The molecule has 0 saturated carbocycles. The molecule has 16 heavy (non-hydrogen) atoms. The van der Waals surface area contributed by atoms with E-state index in [0.29, 0.717) is 6.61 Å². The molecule has 0 aromatic heterocycles. The van der Waals surface area contributed by atoms with Crippen molar-refractivity contribution >= 4 is 15.9 Å². The molecule has 0 spiro atoms. The molecule has 1 aromatic rings. The Morgan fingerprint density at radius 2 is 2.06 bits per heavy atom. The lowest BCUT2D eigenvalue weighted by Gasteiger charge is -2.23. The Balaban J connectivity index is 1.88. The van der Waals surface area contributed by atoms with E-state index in [9.17, 15) is 0 Å². The van der Waals surface area contributed by atoms with Gasteiger partial charge >= 0.3 is 0 Å². The van der Waals surface area contributed by atoms with Crippen LogP contribution in [0.15, 0.2) is 24.3 Å². The topological polar surface area (TPSA) is 18.5 Å². The predicted octanol–water partition coefficient (Wildman–Crippen LogP) is 3.62. The van der Waals surface area contributed by atoms with E-state index in [1.54, 1.807) is 0 Å². The molecular formula is C13H17BrO2. The van der Waals surface area contributed by atoms with E-state index in [1.165, 1.54) is 17.5 Å². The maximum absolute atomic E-state index is 5.77. The molecule has 2 nitrogen and oxygen atoms in total. The zero-order chi connectivity index (χ0) is 11.2. The van der Waals surface area contributed by atoms with Gasteiger partial charge in [-0.1, -0.05) is 40.2 Å². The minimum atomic E-state index is -0.00266. The number of benzene rings is 1. The minimum Gasteiger partial charge on any atom is -0.353 e. The fraction of sp³-hybridized carbons (Fsp3) is 0.538. The van der Waals surface area contributed by atoms with Crippen molar-refractivity contribution in [1.29, 1.82) is 0 Å². The van der Waals surface area contributed by atoms with Gasteiger partial charge in [-0.05, 0) is 30.4 Å². The third-order valence-electron chi connectivity index (χ3n) is 2.82. The van der Waals surface area contributed by atoms with Gasteiger partial charge in [-0.3, -0.25) is 0 Å². The van der Waals surface area contributed by atoms with Gasteiger partial charge in [0.25, 0.3) is 0 Å². The number of ether oxygens (including phenoxy) is 2. The summed E-state index contributed by atoms with van der Waals surface area (Å²) in [6.45, 7) is 1.48. The molecule has 0 bridgehead atoms. The Bertz CT molecular complexity index is 321. The summed E-state index contributed by atoms with van der Waals surface area (Å²) in [6.07, 6.45) is 3.40. The van der Waals surface area contributed by atoms with Crippen molar-refractivity contribution in [3.63, 3.8) is 0 Å². The average molecular weight is 285 g/mol. The molecular weight excluding hydrogens is 268 g/mol. The first-order chi connectivity index (χ1) is 7.90. The molecule has 1 aliphatic rings. The smallest absolute Gasteiger partial charge is 0.158 e. The number of alkyl halides is 1. The number of rotatable bonds is 4. The van der Waals surface area contributed by atoms with Crippen molar-refractivity contribution in [1.82, 2.24) is 0 Å². The lowest BCUT2D eigenvalue weighted by atomic mass is 10.1. The van der Waals surface area contributed by atoms with Crippen LogP contribution in [-0.2, 0) is 21.4 Å². The van der Waals surface area contributed by atoms with Crippen LogP contribution in [0.5, 0.6) is 0 Å². The lowest BCUT2D eigenvalue weighted by Crippen LogP contribution is -2.22. The number of hydrogen-bond donors (Lipinski definition) is 0. The van der Waals surface area contributed by atoms with Gasteiger partial charge in [-0.25, -0.2) is 0 Å². The Morgan fingerprint density at radius 1 is 1.25 bits per heavy atom. The summed E-state index contributed by atoms with van der Waals surface area (Å²) in [7, 11) is 0. The molecule has 1 atom stereocenters. The van der Waals surface area contributed by atoms with Gasteiger partial charge < -0.3 is 9.47 Å². The van der Waals surface area contributed by atoms with Gasteiger partial charge in [0.05, 0.1) is 6.61 Å². The van der Waals surface area contributed by atoms with Gasteiger partial charge in [0.15, 0.2) is 6.29 Å². The number of halogens is 1. The Kier molecular flexibility index (Phi) is 4.82. The van der Waals surface area contributed by atoms with Gasteiger partial charge in [0, 0.05) is 11.9 Å². The summed E-state index contributed by atoms with van der Waals surface area (Å²) in [4.78, 5) is 0. The van der Waals surface area contributed by atoms with Gasteiger partial charge in [-0.15, -0.1) is 0 Å². The van der Waals surface area contributed by atoms with Crippen LogP contribution in [0, 0.1) is 0 Å². The van der Waals surface area contributed by atoms with Crippen molar-refractivity contribution in [2.75, 3.05) is 6.61 Å². The lowest BCUT2D eigenvalue weighted by molar-refractivity contribution is -0.169. The Morgan fingerprint density at radius 3 is 2.75 bits per heavy atom. The van der Waals surface area contributed by atoms with Crippen molar-refractivity contribution in [3.8, 4) is 0 Å². The normalized spacial score (nSPS) is 20.9. The fourth-order valence-corrected chi connectivity index (χ4v) is 2.40. The quantitative estimate of drug-likeness (QED) is 0.787. The molecule has 1 unspecified atom stereocenters. The maximum Gasteiger partial charge on any atom is 0.158 e. The zero-order valence-electron chi connectivity index (χ0n) is 9.32. The molecule has 0 N–H and O–H groups in total. The van der Waals surface area contributed by atoms with Crippen LogP contribution in [0.1, 0.15) is 30.4 Å². The molecule has 88 valence electrons. The second-order valence-corrected chi connectivity index (χ2v) is 4.57. The van der Waals surface area contributed by atoms with E-state index in [2.05, 4.69) is 34.1 Å². The van der Waals surface area contributed by atoms with Crippen LogP contribution in [0.4, 0.5) is 0 Å². The molecule has 3 heteroatoms. The maximum atomic E-state index is 5.77. The molecule has 0 aliphatic carbocycles. The predicted molar refractivity (Wildman–Crippen MR) is 67.5 cm³/mol. The van der Waals surface area contributed by atoms with E-state index < -0.39 is 0 Å². The van der Waals surface area contributed by atoms with Gasteiger partial charge in [-0.2, -0.15) is 0 Å². The van der Waals surface area contributed by atoms with Crippen LogP contribution in [0.3, 0.4) is 0 Å². The highest BCUT2D eigenvalue weighted by Crippen LogP contribution is 2.18. The monoisotopic (exact) mass is 284 g/mol. The third kappa shape index (κ3) is 3.30. The minimum absolute atomic E-state index is 0.00266. The SMILES string of the molecule is BrCc1ccccc1COC1CCCCO1. The summed E-state index contributed by atoms with van der Waals surface area (Å²) >= 11 is 3.49. The fourth-order valence-electron chi connectivity index (χ4n) is 1.85. The average Bonchev–Trinajstić information content (AvgIpc) is 2.38. The molecule has 2 rings (SSSR count). The molecule has 0 amide bonds. The first kappa shape index (κ1) is 12.1. The van der Waals surface area contributed by atoms with Crippen molar-refractivity contribution in [2.24, 2.45) is 0 Å². The van der Waals surface area contributed by atoms with Crippen LogP contribution in [0.25, 0.3) is 0 Å². The van der Waals surface area contributed by atoms with Gasteiger partial charge in [0.1, 0.15) is 0 Å². The molecule has 0 radical (unpaired) electrons. The largest absolute Gasteiger partial charge is 0.353 e. The Labute approximate surface area is 105 Å². The highest BCUT2D eigenvalue weighted by molar-refractivity contribution is 9.08. The molecule has 1 aromatic carbocycles. The molecule has 1 saturated heterocycles. The van der Waals surface area contributed by atoms with E-state index in [0.717, 1.165) is 24.8 Å².